The Balaban J connectivity index is 1.49. The fourth-order valence-electron chi connectivity index (χ4n) is 3.39. The molecule has 4 aromatic rings. The lowest BCUT2D eigenvalue weighted by molar-refractivity contribution is -0.384. The average Bonchev–Trinajstić information content (AvgIpc) is 3.30. The van der Waals surface area contributed by atoms with Crippen LogP contribution in [0, 0.1) is 22.9 Å². The fraction of sp³-hybridized carbons (Fsp3) is 0.120. The number of carbonyl (C=O) groups is 2. The van der Waals surface area contributed by atoms with Crippen molar-refractivity contribution in [2.24, 2.45) is 0 Å². The number of aromatic nitrogens is 3. The molecule has 0 fully saturated rings. The number of rotatable bonds is 9. The van der Waals surface area contributed by atoms with Gasteiger partial charge in [0.25, 0.3) is 11.6 Å². The molecule has 188 valence electrons. The SMILES string of the molecule is Cc1cccc(-n2c(CNC(=O)c3ccc([N+](=O)[O-])cc3)nnc2SCC(=O)Nc2ccc(F)cc2)c1. The van der Waals surface area contributed by atoms with Gasteiger partial charge in [-0.2, -0.15) is 0 Å². The van der Waals surface area contributed by atoms with Crippen LogP contribution in [0.4, 0.5) is 15.8 Å². The zero-order chi connectivity index (χ0) is 26.4. The molecule has 0 saturated heterocycles. The zero-order valence-corrected chi connectivity index (χ0v) is 20.4. The maximum absolute atomic E-state index is 13.1. The molecule has 1 aromatic heterocycles. The van der Waals surface area contributed by atoms with Gasteiger partial charge in [-0.25, -0.2) is 4.39 Å². The van der Waals surface area contributed by atoms with Gasteiger partial charge in [-0.05, 0) is 61.0 Å². The summed E-state index contributed by atoms with van der Waals surface area (Å²) in [4.78, 5) is 35.3. The molecular weight excluding hydrogens is 499 g/mol. The second-order valence-electron chi connectivity index (χ2n) is 7.90. The third-order valence-corrected chi connectivity index (χ3v) is 6.10. The minimum Gasteiger partial charge on any atom is -0.345 e. The number of carbonyl (C=O) groups excluding carboxylic acids is 2. The molecule has 12 heteroatoms. The minimum atomic E-state index is -0.537. The quantitative estimate of drug-likeness (QED) is 0.191. The number of anilines is 1. The number of nitro groups is 1. The number of nitrogens with one attached hydrogen (secondary N) is 2. The molecule has 0 aliphatic carbocycles. The summed E-state index contributed by atoms with van der Waals surface area (Å²) < 4.78 is 14.8. The van der Waals surface area contributed by atoms with Gasteiger partial charge in [-0.15, -0.1) is 10.2 Å². The number of benzene rings is 3. The molecule has 1 heterocycles. The predicted molar refractivity (Wildman–Crippen MR) is 136 cm³/mol. The molecule has 0 aliphatic heterocycles. The Hall–Kier alpha value is -4.58. The van der Waals surface area contributed by atoms with E-state index < -0.39 is 16.6 Å². The van der Waals surface area contributed by atoms with Crippen LogP contribution in [0.1, 0.15) is 21.7 Å². The molecule has 2 N–H and O–H groups in total. The van der Waals surface area contributed by atoms with Gasteiger partial charge in [0.05, 0.1) is 17.2 Å². The predicted octanol–water partition coefficient (Wildman–Crippen LogP) is 4.28. The molecule has 0 atom stereocenters. The molecule has 0 bridgehead atoms. The Labute approximate surface area is 215 Å². The van der Waals surface area contributed by atoms with E-state index in [1.165, 1.54) is 48.5 Å². The van der Waals surface area contributed by atoms with Crippen LogP contribution >= 0.6 is 11.8 Å². The minimum absolute atomic E-state index is 0.0243. The van der Waals surface area contributed by atoms with Gasteiger partial charge in [-0.1, -0.05) is 23.9 Å². The maximum Gasteiger partial charge on any atom is 0.269 e. The Morgan fingerprint density at radius 3 is 2.46 bits per heavy atom. The van der Waals surface area contributed by atoms with E-state index in [2.05, 4.69) is 20.8 Å². The van der Waals surface area contributed by atoms with E-state index >= 15 is 0 Å². The van der Waals surface area contributed by atoms with Crippen LogP contribution in [0.3, 0.4) is 0 Å². The summed E-state index contributed by atoms with van der Waals surface area (Å²) in [6, 6.07) is 18.3. The number of nitro benzene ring substituents is 1. The van der Waals surface area contributed by atoms with Crippen molar-refractivity contribution >= 4 is 35.0 Å². The van der Waals surface area contributed by atoms with Crippen LogP contribution in [0.2, 0.25) is 0 Å². The van der Waals surface area contributed by atoms with E-state index in [1.807, 2.05) is 31.2 Å². The smallest absolute Gasteiger partial charge is 0.269 e. The highest BCUT2D eigenvalue weighted by Crippen LogP contribution is 2.23. The van der Waals surface area contributed by atoms with Crippen molar-refractivity contribution in [1.29, 1.82) is 0 Å². The second-order valence-corrected chi connectivity index (χ2v) is 8.85. The van der Waals surface area contributed by atoms with Crippen molar-refractivity contribution in [3.05, 3.63) is 106 Å². The third-order valence-electron chi connectivity index (χ3n) is 5.17. The highest BCUT2D eigenvalue weighted by molar-refractivity contribution is 7.99. The molecule has 0 spiro atoms. The van der Waals surface area contributed by atoms with Gasteiger partial charge in [0.15, 0.2) is 11.0 Å². The van der Waals surface area contributed by atoms with Crippen molar-refractivity contribution in [3.63, 3.8) is 0 Å². The number of amides is 2. The maximum atomic E-state index is 13.1. The number of halogens is 1. The van der Waals surface area contributed by atoms with E-state index in [0.29, 0.717) is 16.7 Å². The Bertz CT molecular complexity index is 1440. The largest absolute Gasteiger partial charge is 0.345 e. The second kappa shape index (κ2) is 11.4. The van der Waals surface area contributed by atoms with Gasteiger partial charge < -0.3 is 10.6 Å². The number of non-ortho nitro benzene ring substituents is 1. The molecule has 37 heavy (non-hydrogen) atoms. The molecule has 0 radical (unpaired) electrons. The van der Waals surface area contributed by atoms with E-state index in [-0.39, 0.29) is 29.5 Å². The topological polar surface area (TPSA) is 132 Å². The number of nitrogens with zero attached hydrogens (tertiary/aromatic N) is 4. The molecule has 0 unspecified atom stereocenters. The third kappa shape index (κ3) is 6.55. The first-order valence-corrected chi connectivity index (χ1v) is 12.0. The summed E-state index contributed by atoms with van der Waals surface area (Å²) in [5, 5.41) is 25.2. The van der Waals surface area contributed by atoms with E-state index in [1.54, 1.807) is 4.57 Å². The fourth-order valence-corrected chi connectivity index (χ4v) is 4.16. The van der Waals surface area contributed by atoms with E-state index in [4.69, 9.17) is 0 Å². The van der Waals surface area contributed by atoms with Gasteiger partial charge in [0.2, 0.25) is 5.91 Å². The monoisotopic (exact) mass is 520 g/mol. The average molecular weight is 521 g/mol. The van der Waals surface area contributed by atoms with Crippen LogP contribution in [0.5, 0.6) is 0 Å². The first kappa shape index (κ1) is 25.5. The van der Waals surface area contributed by atoms with Gasteiger partial charge in [0.1, 0.15) is 5.82 Å². The molecule has 4 rings (SSSR count). The van der Waals surface area contributed by atoms with E-state index in [9.17, 15) is 24.1 Å². The van der Waals surface area contributed by atoms with Crippen LogP contribution in [0.15, 0.2) is 78.0 Å². The van der Waals surface area contributed by atoms with Gasteiger partial charge in [0, 0.05) is 29.1 Å². The summed E-state index contributed by atoms with van der Waals surface area (Å²) in [5.41, 5.74) is 2.38. The zero-order valence-electron chi connectivity index (χ0n) is 19.6. The summed E-state index contributed by atoms with van der Waals surface area (Å²) in [6.07, 6.45) is 0. The Morgan fingerprint density at radius 1 is 1.05 bits per heavy atom. The van der Waals surface area contributed by atoms with Crippen LogP contribution in [-0.2, 0) is 11.3 Å². The lowest BCUT2D eigenvalue weighted by Crippen LogP contribution is -2.24. The van der Waals surface area contributed by atoms with Gasteiger partial charge in [-0.3, -0.25) is 24.3 Å². The number of hydrogen-bond acceptors (Lipinski definition) is 7. The molecule has 0 aliphatic rings. The van der Waals surface area contributed by atoms with Crippen molar-refractivity contribution in [2.45, 2.75) is 18.6 Å². The Kier molecular flexibility index (Phi) is 7.89. The van der Waals surface area contributed by atoms with Gasteiger partial charge >= 0.3 is 0 Å². The first-order valence-electron chi connectivity index (χ1n) is 11.0. The summed E-state index contributed by atoms with van der Waals surface area (Å²) >= 11 is 1.16. The van der Waals surface area contributed by atoms with Crippen molar-refractivity contribution < 1.29 is 18.9 Å². The van der Waals surface area contributed by atoms with Crippen molar-refractivity contribution in [1.82, 2.24) is 20.1 Å². The summed E-state index contributed by atoms with van der Waals surface area (Å²) in [7, 11) is 0. The summed E-state index contributed by atoms with van der Waals surface area (Å²) in [5.74, 6) is -0.671. The lowest BCUT2D eigenvalue weighted by Gasteiger charge is -2.12. The van der Waals surface area contributed by atoms with Crippen LogP contribution in [0.25, 0.3) is 5.69 Å². The highest BCUT2D eigenvalue weighted by Gasteiger charge is 2.18. The van der Waals surface area contributed by atoms with Crippen molar-refractivity contribution in [2.75, 3.05) is 11.1 Å². The molecule has 2 amide bonds. The lowest BCUT2D eigenvalue weighted by atomic mass is 10.2. The Morgan fingerprint density at radius 2 is 1.78 bits per heavy atom. The normalized spacial score (nSPS) is 10.6. The number of thioether (sulfide) groups is 1. The van der Waals surface area contributed by atoms with E-state index in [0.717, 1.165) is 23.0 Å². The van der Waals surface area contributed by atoms with Crippen molar-refractivity contribution in [3.8, 4) is 5.69 Å². The van der Waals surface area contributed by atoms with Crippen LogP contribution < -0.4 is 10.6 Å². The molecule has 3 aromatic carbocycles. The number of aryl methyl sites for hydroxylation is 1. The molecule has 0 saturated carbocycles. The summed E-state index contributed by atoms with van der Waals surface area (Å²) in [6.45, 7) is 1.96. The highest BCUT2D eigenvalue weighted by atomic mass is 32.2. The standard InChI is InChI=1S/C25H21FN6O4S/c1-16-3-2-4-21(13-16)31-22(14-27-24(34)17-5-11-20(12-6-17)32(35)36)29-30-25(31)37-15-23(33)28-19-9-7-18(26)8-10-19/h2-13H,14-15H2,1H3,(H,27,34)(H,28,33). The van der Waals surface area contributed by atoms with Crippen LogP contribution in [-0.4, -0.2) is 37.3 Å². The molecule has 10 nitrogen and oxygen atoms in total. The molecular formula is C25H21FN6O4S. The first-order chi connectivity index (χ1) is 17.8. The number of hydrogen-bond donors (Lipinski definition) is 2.